The van der Waals surface area contributed by atoms with E-state index in [1.54, 1.807) is 24.3 Å². The molecule has 12 nitrogen and oxygen atoms in total. The van der Waals surface area contributed by atoms with E-state index in [9.17, 15) is 13.6 Å². The molecule has 2 aliphatic rings. The molecule has 44 heavy (non-hydrogen) atoms. The van der Waals surface area contributed by atoms with Crippen LogP contribution in [0.1, 0.15) is 23.7 Å². The normalized spacial score (nSPS) is 21.2. The fourth-order valence-electron chi connectivity index (χ4n) is 5.86. The van der Waals surface area contributed by atoms with Gasteiger partial charge >= 0.3 is 6.09 Å². The van der Waals surface area contributed by atoms with Crippen LogP contribution in [0, 0.1) is 23.0 Å². The number of imidazole rings is 1. The average Bonchev–Trinajstić information content (AvgIpc) is 3.42. The number of carbonyl (C=O) groups is 1. The molecule has 14 heteroatoms. The minimum atomic E-state index is -0.881. The van der Waals surface area contributed by atoms with Crippen molar-refractivity contribution in [3.8, 4) is 0 Å². The van der Waals surface area contributed by atoms with Crippen molar-refractivity contribution in [2.45, 2.75) is 24.6 Å². The maximum absolute atomic E-state index is 14.9. The fraction of sp³-hybridized carbons (Fsp3) is 0.400. The van der Waals surface area contributed by atoms with Gasteiger partial charge in [0.2, 0.25) is 5.95 Å². The number of pyridine rings is 1. The van der Waals surface area contributed by atoms with Crippen molar-refractivity contribution in [2.75, 3.05) is 57.8 Å². The van der Waals surface area contributed by atoms with Gasteiger partial charge in [-0.1, -0.05) is 6.92 Å². The Bertz CT molecular complexity index is 1520. The van der Waals surface area contributed by atoms with Gasteiger partial charge in [-0.05, 0) is 41.8 Å². The van der Waals surface area contributed by atoms with Crippen molar-refractivity contribution in [3.05, 3.63) is 71.3 Å². The highest BCUT2D eigenvalue weighted by Crippen LogP contribution is 2.35. The van der Waals surface area contributed by atoms with Gasteiger partial charge in [-0.3, -0.25) is 4.98 Å². The second kappa shape index (κ2) is 12.7. The highest BCUT2D eigenvalue weighted by atomic mass is 19.1. The summed E-state index contributed by atoms with van der Waals surface area (Å²) in [5, 5.41) is 11.5. The summed E-state index contributed by atoms with van der Waals surface area (Å²) in [6.45, 7) is 3.59. The number of aromatic amines is 1. The third-order valence-corrected chi connectivity index (χ3v) is 8.19. The molecule has 2 aromatic heterocycles. The number of hydrogen-bond acceptors (Lipinski definition) is 10. The first-order valence-electron chi connectivity index (χ1n) is 14.0. The molecular weight excluding hydrogens is 574 g/mol. The molecule has 0 radical (unpaired) electrons. The summed E-state index contributed by atoms with van der Waals surface area (Å²) in [6, 6.07) is 3.74. The number of rotatable bonds is 9. The molecular formula is C30H36F2N8O4. The van der Waals surface area contributed by atoms with Crippen molar-refractivity contribution < 1.29 is 27.8 Å². The van der Waals surface area contributed by atoms with Crippen molar-refractivity contribution in [1.82, 2.24) is 19.9 Å². The fourth-order valence-corrected chi connectivity index (χ4v) is 5.86. The summed E-state index contributed by atoms with van der Waals surface area (Å²) in [7, 11) is 4.50. The number of hydrogen-bond donors (Lipinski definition) is 4. The van der Waals surface area contributed by atoms with Gasteiger partial charge in [0.15, 0.2) is 0 Å². The van der Waals surface area contributed by atoms with E-state index in [1.807, 2.05) is 13.0 Å². The Labute approximate surface area is 253 Å². The number of carbonyl (C=O) groups excluding carboxylic acids is 1. The van der Waals surface area contributed by atoms with E-state index in [0.29, 0.717) is 36.0 Å². The number of aromatic nitrogens is 3. The third kappa shape index (κ3) is 6.00. The van der Waals surface area contributed by atoms with Crippen LogP contribution in [0.3, 0.4) is 0 Å². The van der Waals surface area contributed by atoms with Crippen molar-refractivity contribution in [3.63, 3.8) is 0 Å². The Hall–Kier alpha value is -4.40. The molecule has 234 valence electrons. The lowest BCUT2D eigenvalue weighted by molar-refractivity contribution is -0.202. The number of piperidine rings is 1. The first kappa shape index (κ1) is 31.0. The highest BCUT2D eigenvalue weighted by Gasteiger charge is 2.42. The Balaban J connectivity index is 1.27. The molecule has 5 N–H and O–H groups in total. The van der Waals surface area contributed by atoms with Crippen LogP contribution in [-0.4, -0.2) is 91.3 Å². The third-order valence-electron chi connectivity index (χ3n) is 8.19. The number of nitrogens with zero attached hydrogens (tertiary/aromatic N) is 4. The molecule has 0 spiro atoms. The second-order valence-electron chi connectivity index (χ2n) is 11.1. The topological polar surface area (TPSA) is 155 Å². The zero-order chi connectivity index (χ0) is 31.6. The minimum Gasteiger partial charge on any atom is -0.453 e. The van der Waals surface area contributed by atoms with E-state index < -0.39 is 28.9 Å². The standard InChI is InChI=1S/C30H36F2N8O4/c1-17-13-40(14-23(34)27(17)39(2)29(41)42-3)25-7-8-35-12-24(25)38-28-36-11-19(37-28)5-6-22(33)26-20(31)9-18(10-21(26)32)30(43-4)15-44-16-30/h5-12,17,23,27,33H,13-16,34H2,1-4H3,(H2,36,37,38)/b6-5-,33-22?. The SMILES string of the molecule is COC(=O)N(C)C1C(C)CN(c2ccncc2Nc2ncc(/C=C\C(=N)c3c(F)cc(C4(OC)COC4)cc3F)[nH]2)CC1N. The van der Waals surface area contributed by atoms with E-state index >= 15 is 0 Å². The van der Waals surface area contributed by atoms with Gasteiger partial charge in [0.05, 0.1) is 67.1 Å². The lowest BCUT2D eigenvalue weighted by Crippen LogP contribution is -2.62. The molecule has 1 amide bonds. The van der Waals surface area contributed by atoms with Gasteiger partial charge < -0.3 is 45.5 Å². The van der Waals surface area contributed by atoms with Gasteiger partial charge in [-0.15, -0.1) is 0 Å². The Morgan fingerprint density at radius 3 is 2.61 bits per heavy atom. The number of ether oxygens (including phenoxy) is 3. The number of nitrogens with two attached hydrogens (primary N) is 1. The second-order valence-corrected chi connectivity index (χ2v) is 11.1. The molecule has 4 heterocycles. The number of H-pyrrole nitrogens is 1. The van der Waals surface area contributed by atoms with Crippen molar-refractivity contribution in [2.24, 2.45) is 11.7 Å². The van der Waals surface area contributed by atoms with Crippen molar-refractivity contribution in [1.29, 1.82) is 5.41 Å². The first-order chi connectivity index (χ1) is 21.1. The Kier molecular flexibility index (Phi) is 8.95. The first-order valence-corrected chi connectivity index (χ1v) is 14.0. The van der Waals surface area contributed by atoms with Crippen LogP contribution in [-0.2, 0) is 19.8 Å². The monoisotopic (exact) mass is 610 g/mol. The summed E-state index contributed by atoms with van der Waals surface area (Å²) < 4.78 is 45.3. The molecule has 0 saturated carbocycles. The number of allylic oxidation sites excluding steroid dienone is 1. The van der Waals surface area contributed by atoms with Crippen LogP contribution >= 0.6 is 0 Å². The Morgan fingerprint density at radius 2 is 2.00 bits per heavy atom. The van der Waals surface area contributed by atoms with Gasteiger partial charge in [-0.25, -0.2) is 18.6 Å². The summed E-state index contributed by atoms with van der Waals surface area (Å²) >= 11 is 0. The van der Waals surface area contributed by atoms with Crippen LogP contribution in [0.25, 0.3) is 6.08 Å². The molecule has 2 saturated heterocycles. The van der Waals surface area contributed by atoms with Gasteiger partial charge in [0, 0.05) is 39.5 Å². The van der Waals surface area contributed by atoms with E-state index in [1.165, 1.54) is 44.7 Å². The lowest BCUT2D eigenvalue weighted by Gasteiger charge is -2.45. The maximum Gasteiger partial charge on any atom is 0.409 e. The van der Waals surface area contributed by atoms with Crippen LogP contribution in [0.4, 0.5) is 30.9 Å². The summed E-state index contributed by atoms with van der Waals surface area (Å²) in [6.07, 6.45) is 7.27. The van der Waals surface area contributed by atoms with E-state index in [4.69, 9.17) is 25.4 Å². The molecule has 3 aromatic rings. The average molecular weight is 611 g/mol. The highest BCUT2D eigenvalue weighted by molar-refractivity contribution is 6.09. The summed E-state index contributed by atoms with van der Waals surface area (Å²) in [5.74, 6) is -1.26. The molecule has 0 aliphatic carbocycles. The predicted molar refractivity (Wildman–Crippen MR) is 161 cm³/mol. The zero-order valence-corrected chi connectivity index (χ0v) is 24.9. The molecule has 2 fully saturated rings. The molecule has 3 atom stereocenters. The van der Waals surface area contributed by atoms with E-state index in [2.05, 4.69) is 25.2 Å². The zero-order valence-electron chi connectivity index (χ0n) is 24.9. The molecule has 2 aliphatic heterocycles. The molecule has 3 unspecified atom stereocenters. The maximum atomic E-state index is 14.9. The quantitative estimate of drug-likeness (QED) is 0.266. The van der Waals surface area contributed by atoms with Crippen LogP contribution < -0.4 is 16.0 Å². The smallest absolute Gasteiger partial charge is 0.409 e. The minimum absolute atomic E-state index is 0.0544. The lowest BCUT2D eigenvalue weighted by atomic mass is 9.89. The molecule has 1 aromatic carbocycles. The number of likely N-dealkylation sites (N-methyl/N-ethyl adjacent to an activating group) is 1. The van der Waals surface area contributed by atoms with Gasteiger partial charge in [0.25, 0.3) is 0 Å². The summed E-state index contributed by atoms with van der Waals surface area (Å²) in [4.78, 5) is 27.5. The van der Waals surface area contributed by atoms with Crippen LogP contribution in [0.15, 0.2) is 42.9 Å². The number of anilines is 3. The van der Waals surface area contributed by atoms with Crippen molar-refractivity contribution >= 4 is 35.2 Å². The molecule has 5 rings (SSSR count). The van der Waals surface area contributed by atoms with E-state index in [0.717, 1.165) is 5.69 Å². The number of benzene rings is 1. The van der Waals surface area contributed by atoms with Crippen LogP contribution in [0.2, 0.25) is 0 Å². The number of nitrogens with one attached hydrogen (secondary N) is 3. The molecule has 0 bridgehead atoms. The predicted octanol–water partition coefficient (Wildman–Crippen LogP) is 3.63. The van der Waals surface area contributed by atoms with E-state index in [-0.39, 0.29) is 36.9 Å². The number of methoxy groups -OCH3 is 2. The van der Waals surface area contributed by atoms with Gasteiger partial charge in [0.1, 0.15) is 17.2 Å². The largest absolute Gasteiger partial charge is 0.453 e. The van der Waals surface area contributed by atoms with Gasteiger partial charge in [-0.2, -0.15) is 0 Å². The number of amides is 1. The van der Waals surface area contributed by atoms with Crippen LogP contribution in [0.5, 0.6) is 0 Å². The Morgan fingerprint density at radius 1 is 1.27 bits per heavy atom. The summed E-state index contributed by atoms with van der Waals surface area (Å²) in [5.41, 5.74) is 7.24. The number of halogens is 2.